The number of thiophene rings is 1. The molecule has 1 aliphatic heterocycles. The standard InChI is InChI=1S/C20H23NO4S/c1-20(2,3)25-19(23)21-10-9-14(15(12-21)18(22)24-4)17-11-13-7-5-6-8-16(13)26-17/h5-8,11H,9-10,12H2,1-4H3. The fourth-order valence-electron chi connectivity index (χ4n) is 2.96. The van der Waals surface area contributed by atoms with Gasteiger partial charge in [-0.1, -0.05) is 18.2 Å². The smallest absolute Gasteiger partial charge is 0.410 e. The molecule has 0 saturated carbocycles. The van der Waals surface area contributed by atoms with Gasteiger partial charge in [-0.2, -0.15) is 0 Å². The Hall–Kier alpha value is -2.34. The first-order chi connectivity index (χ1) is 12.3. The summed E-state index contributed by atoms with van der Waals surface area (Å²) in [5, 5.41) is 1.15. The first-order valence-corrected chi connectivity index (χ1v) is 9.37. The Bertz CT molecular complexity index is 842. The van der Waals surface area contributed by atoms with Gasteiger partial charge in [0.25, 0.3) is 0 Å². The van der Waals surface area contributed by atoms with Crippen LogP contribution < -0.4 is 0 Å². The highest BCUT2D eigenvalue weighted by Gasteiger charge is 2.31. The Balaban J connectivity index is 1.94. The van der Waals surface area contributed by atoms with E-state index in [1.165, 1.54) is 11.8 Å². The largest absolute Gasteiger partial charge is 0.466 e. The van der Waals surface area contributed by atoms with Crippen molar-refractivity contribution in [2.75, 3.05) is 20.2 Å². The van der Waals surface area contributed by atoms with E-state index in [1.54, 1.807) is 16.2 Å². The molecule has 0 spiro atoms. The van der Waals surface area contributed by atoms with Crippen LogP contribution in [0, 0.1) is 0 Å². The van der Waals surface area contributed by atoms with Crippen molar-refractivity contribution in [2.24, 2.45) is 0 Å². The fourth-order valence-corrected chi connectivity index (χ4v) is 4.12. The lowest BCUT2D eigenvalue weighted by Crippen LogP contribution is -2.41. The lowest BCUT2D eigenvalue weighted by atomic mass is 9.98. The third kappa shape index (κ3) is 3.90. The van der Waals surface area contributed by atoms with Gasteiger partial charge in [0.05, 0.1) is 19.2 Å². The van der Waals surface area contributed by atoms with Crippen LogP contribution in [0.3, 0.4) is 0 Å². The molecule has 0 atom stereocenters. The van der Waals surface area contributed by atoms with E-state index in [0.29, 0.717) is 18.5 Å². The number of esters is 1. The molecule has 2 heterocycles. The monoisotopic (exact) mass is 373 g/mol. The second kappa shape index (κ2) is 7.11. The van der Waals surface area contributed by atoms with E-state index in [0.717, 1.165) is 15.8 Å². The molecule has 5 nitrogen and oxygen atoms in total. The number of hydrogen-bond acceptors (Lipinski definition) is 5. The van der Waals surface area contributed by atoms with E-state index < -0.39 is 17.7 Å². The van der Waals surface area contributed by atoms with E-state index in [4.69, 9.17) is 9.47 Å². The molecule has 26 heavy (non-hydrogen) atoms. The van der Waals surface area contributed by atoms with Crippen molar-refractivity contribution >= 4 is 39.1 Å². The number of rotatable bonds is 2. The first kappa shape index (κ1) is 18.5. The lowest BCUT2D eigenvalue weighted by Gasteiger charge is -2.31. The normalized spacial score (nSPS) is 15.3. The van der Waals surface area contributed by atoms with Gasteiger partial charge in [0, 0.05) is 16.1 Å². The number of ether oxygens (including phenoxy) is 2. The molecule has 6 heteroatoms. The zero-order valence-corrected chi connectivity index (χ0v) is 16.3. The molecule has 138 valence electrons. The summed E-state index contributed by atoms with van der Waals surface area (Å²) < 4.78 is 11.6. The number of amides is 1. The Kier molecular flexibility index (Phi) is 5.05. The number of carbonyl (C=O) groups is 2. The molecule has 0 unspecified atom stereocenters. The number of benzene rings is 1. The van der Waals surface area contributed by atoms with Crippen molar-refractivity contribution in [2.45, 2.75) is 32.8 Å². The van der Waals surface area contributed by atoms with Crippen molar-refractivity contribution in [3.05, 3.63) is 40.8 Å². The highest BCUT2D eigenvalue weighted by molar-refractivity contribution is 7.20. The average Bonchev–Trinajstić information content (AvgIpc) is 3.03. The highest BCUT2D eigenvalue weighted by Crippen LogP contribution is 2.36. The highest BCUT2D eigenvalue weighted by atomic mass is 32.1. The summed E-state index contributed by atoms with van der Waals surface area (Å²) in [4.78, 5) is 27.4. The second-order valence-electron chi connectivity index (χ2n) is 7.25. The van der Waals surface area contributed by atoms with E-state index in [2.05, 4.69) is 18.2 Å². The summed E-state index contributed by atoms with van der Waals surface area (Å²) in [5.74, 6) is -0.397. The number of nitrogens with zero attached hydrogens (tertiary/aromatic N) is 1. The summed E-state index contributed by atoms with van der Waals surface area (Å²) in [6.45, 7) is 6.20. The van der Waals surface area contributed by atoms with E-state index in [-0.39, 0.29) is 6.54 Å². The van der Waals surface area contributed by atoms with E-state index >= 15 is 0 Å². The zero-order valence-electron chi connectivity index (χ0n) is 15.5. The van der Waals surface area contributed by atoms with Gasteiger partial charge < -0.3 is 14.4 Å². The van der Waals surface area contributed by atoms with Gasteiger partial charge in [0.1, 0.15) is 5.60 Å². The third-order valence-corrected chi connectivity index (χ3v) is 5.33. The van der Waals surface area contributed by atoms with Crippen LogP contribution in [0.1, 0.15) is 32.1 Å². The molecule has 1 aliphatic rings. The maximum absolute atomic E-state index is 12.4. The maximum Gasteiger partial charge on any atom is 0.410 e. The second-order valence-corrected chi connectivity index (χ2v) is 8.33. The molecule has 0 radical (unpaired) electrons. The fraction of sp³-hybridized carbons (Fsp3) is 0.400. The van der Waals surface area contributed by atoms with Crippen LogP contribution in [0.2, 0.25) is 0 Å². The quantitative estimate of drug-likeness (QED) is 0.729. The van der Waals surface area contributed by atoms with Crippen LogP contribution in [0.15, 0.2) is 35.9 Å². The Morgan fingerprint density at radius 1 is 1.19 bits per heavy atom. The van der Waals surface area contributed by atoms with Gasteiger partial charge in [0.15, 0.2) is 0 Å². The molecule has 0 N–H and O–H groups in total. The van der Waals surface area contributed by atoms with E-state index in [9.17, 15) is 9.59 Å². The summed E-state index contributed by atoms with van der Waals surface area (Å²) >= 11 is 1.65. The minimum atomic E-state index is -0.571. The van der Waals surface area contributed by atoms with Crippen molar-refractivity contribution in [3.63, 3.8) is 0 Å². The molecule has 0 bridgehead atoms. The minimum absolute atomic E-state index is 0.200. The topological polar surface area (TPSA) is 55.8 Å². The molecule has 0 saturated heterocycles. The molecule has 1 aromatic heterocycles. The average molecular weight is 373 g/mol. The van der Waals surface area contributed by atoms with Crippen LogP contribution in [-0.4, -0.2) is 42.8 Å². The predicted molar refractivity (Wildman–Crippen MR) is 103 cm³/mol. The van der Waals surface area contributed by atoms with Gasteiger partial charge in [-0.25, -0.2) is 9.59 Å². The van der Waals surface area contributed by atoms with Crippen LogP contribution in [0.5, 0.6) is 0 Å². The summed E-state index contributed by atoms with van der Waals surface area (Å²) in [6, 6.07) is 10.2. The third-order valence-electron chi connectivity index (χ3n) is 4.15. The molecular formula is C20H23NO4S. The van der Waals surface area contributed by atoms with Crippen LogP contribution in [0.4, 0.5) is 4.79 Å². The maximum atomic E-state index is 12.4. The molecular weight excluding hydrogens is 350 g/mol. The lowest BCUT2D eigenvalue weighted by molar-refractivity contribution is -0.136. The summed E-state index contributed by atoms with van der Waals surface area (Å²) in [6.07, 6.45) is 0.186. The van der Waals surface area contributed by atoms with Crippen LogP contribution >= 0.6 is 11.3 Å². The van der Waals surface area contributed by atoms with Crippen LogP contribution in [-0.2, 0) is 14.3 Å². The SMILES string of the molecule is COC(=O)C1=C(c2cc3ccccc3s2)CCN(C(=O)OC(C)(C)C)C1. The first-order valence-electron chi connectivity index (χ1n) is 8.55. The number of hydrogen-bond donors (Lipinski definition) is 0. The number of fused-ring (bicyclic) bond motifs is 1. The Morgan fingerprint density at radius 3 is 2.58 bits per heavy atom. The Labute approximate surface area is 157 Å². The summed E-state index contributed by atoms with van der Waals surface area (Å²) in [5.41, 5.74) is 0.909. The van der Waals surface area contributed by atoms with Gasteiger partial charge >= 0.3 is 12.1 Å². The van der Waals surface area contributed by atoms with E-state index in [1.807, 2.05) is 32.9 Å². The van der Waals surface area contributed by atoms with Gasteiger partial charge in [-0.15, -0.1) is 11.3 Å². The van der Waals surface area contributed by atoms with Crippen molar-refractivity contribution in [1.29, 1.82) is 0 Å². The molecule has 2 aromatic rings. The van der Waals surface area contributed by atoms with Crippen LogP contribution in [0.25, 0.3) is 15.7 Å². The van der Waals surface area contributed by atoms with Gasteiger partial charge in [-0.3, -0.25) is 0 Å². The number of carbonyl (C=O) groups excluding carboxylic acids is 2. The van der Waals surface area contributed by atoms with Crippen molar-refractivity contribution < 1.29 is 19.1 Å². The Morgan fingerprint density at radius 2 is 1.92 bits per heavy atom. The van der Waals surface area contributed by atoms with Crippen molar-refractivity contribution in [3.8, 4) is 0 Å². The minimum Gasteiger partial charge on any atom is -0.466 e. The zero-order chi connectivity index (χ0) is 18.9. The molecule has 1 amide bonds. The predicted octanol–water partition coefficient (Wildman–Crippen LogP) is 4.47. The molecule has 1 aromatic carbocycles. The molecule has 0 aliphatic carbocycles. The van der Waals surface area contributed by atoms with Gasteiger partial charge in [0.2, 0.25) is 0 Å². The molecule has 3 rings (SSSR count). The molecule has 0 fully saturated rings. The van der Waals surface area contributed by atoms with Gasteiger partial charge in [-0.05, 0) is 50.3 Å². The van der Waals surface area contributed by atoms with Crippen molar-refractivity contribution in [1.82, 2.24) is 4.90 Å². The summed E-state index contributed by atoms with van der Waals surface area (Å²) in [7, 11) is 1.37. The number of methoxy groups -OCH3 is 1.